The van der Waals surface area contributed by atoms with Gasteiger partial charge >= 0.3 is 23.9 Å². The van der Waals surface area contributed by atoms with Crippen LogP contribution in [0.25, 0.3) is 6.08 Å². The monoisotopic (exact) mass is 635 g/mol. The van der Waals surface area contributed by atoms with Crippen LogP contribution >= 0.6 is 0 Å². The van der Waals surface area contributed by atoms with E-state index in [-0.39, 0.29) is 25.0 Å². The van der Waals surface area contributed by atoms with Crippen molar-refractivity contribution in [2.24, 2.45) is 11.3 Å². The second-order valence-corrected chi connectivity index (χ2v) is 12.5. The first kappa shape index (κ1) is 33.0. The quantitative estimate of drug-likeness (QED) is 0.257. The van der Waals surface area contributed by atoms with Gasteiger partial charge in [0.2, 0.25) is 5.60 Å². The number of Topliss-reactive ketones (excluding diaryl/α,β-unsaturated/α-hetero) is 1. The Labute approximate surface area is 266 Å². The highest BCUT2D eigenvalue weighted by atomic mass is 16.7. The fraction of sp³-hybridized carbons (Fsp3) is 0.471. The molecule has 2 saturated carbocycles. The maximum absolute atomic E-state index is 13.7. The number of hydrogen-bond acceptors (Lipinski definition) is 12. The molecule has 2 aromatic rings. The van der Waals surface area contributed by atoms with E-state index in [1.54, 1.807) is 31.2 Å². The molecule has 0 amide bonds. The van der Waals surface area contributed by atoms with Crippen LogP contribution in [0.3, 0.4) is 0 Å². The van der Waals surface area contributed by atoms with Gasteiger partial charge in [0.1, 0.15) is 11.9 Å². The number of nitrogens with zero attached hydrogens (tertiary/aromatic N) is 1. The lowest BCUT2D eigenvalue weighted by Gasteiger charge is -2.66. The number of esters is 4. The van der Waals surface area contributed by atoms with Crippen molar-refractivity contribution in [1.82, 2.24) is 4.98 Å². The van der Waals surface area contributed by atoms with Gasteiger partial charge in [-0.05, 0) is 50.5 Å². The van der Waals surface area contributed by atoms with Crippen molar-refractivity contribution < 1.29 is 52.8 Å². The number of fused-ring (bicyclic) bond motifs is 1. The van der Waals surface area contributed by atoms with Crippen molar-refractivity contribution in [1.29, 1.82) is 0 Å². The van der Waals surface area contributed by atoms with Crippen LogP contribution in [-0.2, 0) is 42.9 Å². The normalized spacial score (nSPS) is 34.7. The van der Waals surface area contributed by atoms with Crippen LogP contribution in [-0.4, -0.2) is 81.5 Å². The minimum absolute atomic E-state index is 0.0186. The maximum atomic E-state index is 13.7. The molecule has 12 heteroatoms. The number of aromatic nitrogens is 1. The summed E-state index contributed by atoms with van der Waals surface area (Å²) in [6.07, 6.45) is 0.637. The highest BCUT2D eigenvalue weighted by Crippen LogP contribution is 2.68. The average molecular weight is 636 g/mol. The van der Waals surface area contributed by atoms with Crippen LogP contribution in [0, 0.1) is 11.3 Å². The van der Waals surface area contributed by atoms with Crippen LogP contribution in [0.15, 0.2) is 60.9 Å². The summed E-state index contributed by atoms with van der Waals surface area (Å²) in [5.74, 6) is -5.21. The number of rotatable bonds is 8. The Balaban J connectivity index is 1.75. The molecule has 1 N–H and O–H groups in total. The predicted molar refractivity (Wildman–Crippen MR) is 160 cm³/mol. The number of aliphatic hydroxyl groups is 1. The minimum atomic E-state index is -2.37. The first-order chi connectivity index (χ1) is 21.7. The number of carbonyl (C=O) groups excluding carboxylic acids is 5. The van der Waals surface area contributed by atoms with E-state index in [9.17, 15) is 29.1 Å². The lowest BCUT2D eigenvalue weighted by atomic mass is 9.45. The standard InChI is InChI=1S/C34H37NO11/c1-20(36)27-31(4)19-42-34(27)32(5,41)16-15-25(44-26(39)14-13-23-10-7-6-8-11-23)33(34,46-22(3)38)29(28(31)43-21(2)37)45-30(40)24-12-9-17-35-18-24/h6-14,17-18,25,27-29,41H,15-16,19H2,1-5H3/b14-13-/t25-,27?,28-,29+,31+,32-,33+,34?/m0/s1. The Hall–Kier alpha value is -4.42. The van der Waals surface area contributed by atoms with Gasteiger partial charge in [0.25, 0.3) is 0 Å². The van der Waals surface area contributed by atoms with Crippen molar-refractivity contribution >= 4 is 35.7 Å². The molecule has 3 fully saturated rings. The van der Waals surface area contributed by atoms with Gasteiger partial charge in [-0.25, -0.2) is 9.59 Å². The molecule has 2 unspecified atom stereocenters. The lowest BCUT2D eigenvalue weighted by Crippen LogP contribution is -2.87. The minimum Gasteiger partial charge on any atom is -0.458 e. The van der Waals surface area contributed by atoms with Gasteiger partial charge in [0.05, 0.1) is 23.7 Å². The Morgan fingerprint density at radius 3 is 2.26 bits per heavy atom. The van der Waals surface area contributed by atoms with Gasteiger partial charge in [-0.3, -0.25) is 19.4 Å². The molecule has 1 aromatic heterocycles. The predicted octanol–water partition coefficient (Wildman–Crippen LogP) is 3.00. The molecule has 1 aromatic carbocycles. The molecule has 46 heavy (non-hydrogen) atoms. The fourth-order valence-corrected chi connectivity index (χ4v) is 7.82. The molecule has 2 aliphatic carbocycles. The van der Waals surface area contributed by atoms with Crippen molar-refractivity contribution in [3.05, 3.63) is 72.1 Å². The van der Waals surface area contributed by atoms with Crippen molar-refractivity contribution in [2.45, 2.75) is 82.6 Å². The third-order valence-corrected chi connectivity index (χ3v) is 9.39. The van der Waals surface area contributed by atoms with E-state index >= 15 is 0 Å². The van der Waals surface area contributed by atoms with Gasteiger partial charge in [0.15, 0.2) is 17.8 Å². The Morgan fingerprint density at radius 2 is 1.65 bits per heavy atom. The summed E-state index contributed by atoms with van der Waals surface area (Å²) in [6, 6.07) is 11.9. The molecular formula is C34H37NO11. The summed E-state index contributed by atoms with van der Waals surface area (Å²) in [4.78, 5) is 70.6. The van der Waals surface area contributed by atoms with E-state index in [0.29, 0.717) is 5.56 Å². The fourth-order valence-electron chi connectivity index (χ4n) is 7.82. The maximum Gasteiger partial charge on any atom is 0.340 e. The van der Waals surface area contributed by atoms with E-state index in [0.717, 1.165) is 13.8 Å². The molecule has 8 atom stereocenters. The molecule has 5 rings (SSSR count). The summed E-state index contributed by atoms with van der Waals surface area (Å²) in [7, 11) is 0. The number of pyridine rings is 1. The van der Waals surface area contributed by atoms with Crippen LogP contribution in [0.5, 0.6) is 0 Å². The average Bonchev–Trinajstić information content (AvgIpc) is 3.30. The summed E-state index contributed by atoms with van der Waals surface area (Å²) < 4.78 is 30.6. The first-order valence-electron chi connectivity index (χ1n) is 15.0. The highest BCUT2D eigenvalue weighted by molar-refractivity contribution is 5.90. The summed E-state index contributed by atoms with van der Waals surface area (Å²) >= 11 is 0. The third-order valence-electron chi connectivity index (χ3n) is 9.39. The molecule has 3 aliphatic rings. The molecule has 1 aliphatic heterocycles. The number of ether oxygens (including phenoxy) is 5. The molecule has 0 radical (unpaired) electrons. The van der Waals surface area contributed by atoms with Crippen LogP contribution in [0.2, 0.25) is 0 Å². The molecule has 2 bridgehead atoms. The van der Waals surface area contributed by atoms with E-state index < -0.39 is 76.1 Å². The zero-order valence-electron chi connectivity index (χ0n) is 26.3. The summed E-state index contributed by atoms with van der Waals surface area (Å²) in [5, 5.41) is 12.2. The zero-order valence-corrected chi connectivity index (χ0v) is 26.3. The van der Waals surface area contributed by atoms with Crippen molar-refractivity contribution in [3.63, 3.8) is 0 Å². The Bertz CT molecular complexity index is 1560. The molecule has 12 nitrogen and oxygen atoms in total. The van der Waals surface area contributed by atoms with Gasteiger partial charge in [-0.1, -0.05) is 37.3 Å². The van der Waals surface area contributed by atoms with Crippen LogP contribution in [0.4, 0.5) is 0 Å². The van der Waals surface area contributed by atoms with Gasteiger partial charge in [-0.15, -0.1) is 0 Å². The van der Waals surface area contributed by atoms with Crippen LogP contribution < -0.4 is 0 Å². The van der Waals surface area contributed by atoms with E-state index in [4.69, 9.17) is 23.7 Å². The highest BCUT2D eigenvalue weighted by Gasteiger charge is 2.88. The third kappa shape index (κ3) is 5.19. The molecular weight excluding hydrogens is 598 g/mol. The number of ketones is 1. The second-order valence-electron chi connectivity index (χ2n) is 12.5. The van der Waals surface area contributed by atoms with Gasteiger partial charge in [0, 0.05) is 37.7 Å². The largest absolute Gasteiger partial charge is 0.458 e. The Morgan fingerprint density at radius 1 is 0.935 bits per heavy atom. The molecule has 1 spiro atoms. The molecule has 244 valence electrons. The smallest absolute Gasteiger partial charge is 0.340 e. The van der Waals surface area contributed by atoms with Gasteiger partial charge in [-0.2, -0.15) is 0 Å². The number of carbonyl (C=O) groups is 5. The molecule has 1 saturated heterocycles. The SMILES string of the molecule is CC(=O)O[C@H]1[C@@H](OC(=O)c2cccnc2)[C@]2(OC(C)=O)[C@@H](OC(=O)/C=C\c3ccccc3)CC[C@](C)(O)C23OC[C@]1(C)C3C(C)=O. The van der Waals surface area contributed by atoms with Crippen molar-refractivity contribution in [3.8, 4) is 0 Å². The Kier molecular flexibility index (Phi) is 8.65. The molecule has 2 heterocycles. The number of benzene rings is 1. The number of hydrogen-bond donors (Lipinski definition) is 1. The van der Waals surface area contributed by atoms with Crippen molar-refractivity contribution in [2.75, 3.05) is 6.61 Å². The van der Waals surface area contributed by atoms with Gasteiger partial charge < -0.3 is 28.8 Å². The zero-order chi connectivity index (χ0) is 33.5. The lowest BCUT2D eigenvalue weighted by molar-refractivity contribution is -0.352. The van der Waals surface area contributed by atoms with Crippen LogP contribution in [0.1, 0.15) is 63.4 Å². The van der Waals surface area contributed by atoms with E-state index in [1.807, 2.05) is 6.07 Å². The summed E-state index contributed by atoms with van der Waals surface area (Å²) in [5.41, 5.74) is -7.05. The first-order valence-corrected chi connectivity index (χ1v) is 15.0. The van der Waals surface area contributed by atoms with E-state index in [1.165, 1.54) is 50.5 Å². The summed E-state index contributed by atoms with van der Waals surface area (Å²) in [6.45, 7) is 6.32. The second kappa shape index (κ2) is 12.1. The van der Waals surface area contributed by atoms with E-state index in [2.05, 4.69) is 4.98 Å². The topological polar surface area (TPSA) is 165 Å².